The lowest BCUT2D eigenvalue weighted by Gasteiger charge is -2.13. The number of pyridine rings is 1. The van der Waals surface area contributed by atoms with Crippen LogP contribution in [0.1, 0.15) is 24.8 Å². The van der Waals surface area contributed by atoms with Crippen molar-refractivity contribution in [3.05, 3.63) is 48.0 Å². The highest BCUT2D eigenvalue weighted by Gasteiger charge is 2.02. The molecule has 25 heavy (non-hydrogen) atoms. The number of rotatable bonds is 8. The molecule has 0 amide bonds. The van der Waals surface area contributed by atoms with E-state index < -0.39 is 0 Å². The van der Waals surface area contributed by atoms with E-state index in [1.165, 1.54) is 0 Å². The number of halogens is 1. The molecule has 2 N–H and O–H groups in total. The number of anilines is 1. The van der Waals surface area contributed by atoms with Crippen LogP contribution in [0.2, 0.25) is 0 Å². The number of nitrogens with one attached hydrogen (secondary N) is 2. The number of furan rings is 1. The van der Waals surface area contributed by atoms with Crippen molar-refractivity contribution in [1.82, 2.24) is 15.6 Å². The van der Waals surface area contributed by atoms with Gasteiger partial charge in [-0.3, -0.25) is 0 Å². The number of aliphatic imine (C=N–C) groups is 1. The average Bonchev–Trinajstić information content (AvgIpc) is 3.10. The van der Waals surface area contributed by atoms with Gasteiger partial charge in [0.15, 0.2) is 5.96 Å². The van der Waals surface area contributed by atoms with Crippen molar-refractivity contribution in [2.75, 3.05) is 32.1 Å². The lowest BCUT2D eigenvalue weighted by Crippen LogP contribution is -2.38. The summed E-state index contributed by atoms with van der Waals surface area (Å²) in [4.78, 5) is 11.2. The van der Waals surface area contributed by atoms with Crippen molar-refractivity contribution in [1.29, 1.82) is 0 Å². The minimum Gasteiger partial charge on any atom is -0.469 e. The van der Waals surface area contributed by atoms with Gasteiger partial charge in [0.25, 0.3) is 0 Å². The molecule has 0 aromatic carbocycles. The van der Waals surface area contributed by atoms with Gasteiger partial charge in [-0.15, -0.1) is 24.0 Å². The largest absolute Gasteiger partial charge is 0.469 e. The third kappa shape index (κ3) is 7.76. The van der Waals surface area contributed by atoms with Crippen LogP contribution in [0.4, 0.5) is 5.82 Å². The quantitative estimate of drug-likeness (QED) is 0.363. The van der Waals surface area contributed by atoms with Crippen molar-refractivity contribution in [2.24, 2.45) is 4.99 Å². The van der Waals surface area contributed by atoms with Gasteiger partial charge in [-0.2, -0.15) is 0 Å². The summed E-state index contributed by atoms with van der Waals surface area (Å²) in [6.45, 7) is 4.34. The molecule has 0 aliphatic carbocycles. The van der Waals surface area contributed by atoms with E-state index in [2.05, 4.69) is 27.5 Å². The SMILES string of the molecule is CCCNC(=NCc1cccc(N(C)C)n1)NCCc1ccco1.I. The van der Waals surface area contributed by atoms with Crippen LogP contribution in [0.3, 0.4) is 0 Å². The second-order valence-corrected chi connectivity index (χ2v) is 5.73. The summed E-state index contributed by atoms with van der Waals surface area (Å²) >= 11 is 0. The van der Waals surface area contributed by atoms with Gasteiger partial charge < -0.3 is 20.0 Å². The fraction of sp³-hybridized carbons (Fsp3) is 0.444. The van der Waals surface area contributed by atoms with E-state index in [-0.39, 0.29) is 24.0 Å². The zero-order valence-electron chi connectivity index (χ0n) is 15.2. The molecule has 0 aliphatic rings. The van der Waals surface area contributed by atoms with E-state index in [4.69, 9.17) is 4.42 Å². The molecule has 2 heterocycles. The Morgan fingerprint density at radius 3 is 2.64 bits per heavy atom. The van der Waals surface area contributed by atoms with Crippen LogP contribution < -0.4 is 15.5 Å². The highest BCUT2D eigenvalue weighted by Crippen LogP contribution is 2.08. The molecule has 0 spiro atoms. The van der Waals surface area contributed by atoms with Crippen LogP contribution in [0.25, 0.3) is 0 Å². The molecule has 2 rings (SSSR count). The lowest BCUT2D eigenvalue weighted by atomic mass is 10.3. The minimum atomic E-state index is 0. The van der Waals surface area contributed by atoms with Gasteiger partial charge in [0.1, 0.15) is 11.6 Å². The molecule has 138 valence electrons. The molecule has 7 heteroatoms. The monoisotopic (exact) mass is 457 g/mol. The van der Waals surface area contributed by atoms with Crippen LogP contribution in [-0.2, 0) is 13.0 Å². The number of nitrogens with zero attached hydrogens (tertiary/aromatic N) is 3. The molecule has 0 saturated heterocycles. The number of guanidine groups is 1. The van der Waals surface area contributed by atoms with Crippen LogP contribution in [0, 0.1) is 0 Å². The highest BCUT2D eigenvalue weighted by molar-refractivity contribution is 14.0. The van der Waals surface area contributed by atoms with E-state index in [0.29, 0.717) is 6.54 Å². The van der Waals surface area contributed by atoms with Gasteiger partial charge in [-0.1, -0.05) is 13.0 Å². The zero-order chi connectivity index (χ0) is 17.2. The molecule has 2 aromatic heterocycles. The summed E-state index contributed by atoms with van der Waals surface area (Å²) in [7, 11) is 3.97. The molecule has 0 unspecified atom stereocenters. The van der Waals surface area contributed by atoms with Gasteiger partial charge in [-0.05, 0) is 30.7 Å². The van der Waals surface area contributed by atoms with Crippen molar-refractivity contribution >= 4 is 35.8 Å². The van der Waals surface area contributed by atoms with E-state index in [9.17, 15) is 0 Å². The Kier molecular flexibility index (Phi) is 9.98. The summed E-state index contributed by atoms with van der Waals surface area (Å²) in [5.74, 6) is 2.72. The summed E-state index contributed by atoms with van der Waals surface area (Å²) in [6.07, 6.45) is 3.57. The lowest BCUT2D eigenvalue weighted by molar-refractivity contribution is 0.506. The Bertz CT molecular complexity index is 628. The van der Waals surface area contributed by atoms with Gasteiger partial charge in [0.2, 0.25) is 0 Å². The van der Waals surface area contributed by atoms with E-state index >= 15 is 0 Å². The molecule has 0 fully saturated rings. The second-order valence-electron chi connectivity index (χ2n) is 5.73. The molecule has 2 aromatic rings. The Balaban J connectivity index is 0.00000312. The minimum absolute atomic E-state index is 0. The predicted molar refractivity (Wildman–Crippen MR) is 114 cm³/mol. The van der Waals surface area contributed by atoms with E-state index in [1.807, 2.05) is 49.3 Å². The molecule has 0 bridgehead atoms. The Morgan fingerprint density at radius 1 is 1.16 bits per heavy atom. The normalized spacial score (nSPS) is 10.9. The first-order valence-corrected chi connectivity index (χ1v) is 8.37. The molecular weight excluding hydrogens is 429 g/mol. The summed E-state index contributed by atoms with van der Waals surface area (Å²) < 4.78 is 5.35. The van der Waals surface area contributed by atoms with Gasteiger partial charge in [0, 0.05) is 33.6 Å². The fourth-order valence-corrected chi connectivity index (χ4v) is 2.14. The molecular formula is C18H28IN5O. The Hall–Kier alpha value is -1.77. The third-order valence-corrected chi connectivity index (χ3v) is 3.44. The topological polar surface area (TPSA) is 65.7 Å². The maximum absolute atomic E-state index is 5.35. The highest BCUT2D eigenvalue weighted by atomic mass is 127. The van der Waals surface area contributed by atoms with Gasteiger partial charge in [-0.25, -0.2) is 9.98 Å². The summed E-state index contributed by atoms with van der Waals surface area (Å²) in [5, 5.41) is 6.67. The first-order chi connectivity index (χ1) is 11.7. The maximum atomic E-state index is 5.35. The number of hydrogen-bond acceptors (Lipinski definition) is 4. The molecule has 0 radical (unpaired) electrons. The first-order valence-electron chi connectivity index (χ1n) is 8.37. The van der Waals surface area contributed by atoms with Crippen molar-refractivity contribution in [3.8, 4) is 0 Å². The van der Waals surface area contributed by atoms with Gasteiger partial charge in [0.05, 0.1) is 18.5 Å². The smallest absolute Gasteiger partial charge is 0.191 e. The van der Waals surface area contributed by atoms with Crippen LogP contribution in [0.5, 0.6) is 0 Å². The average molecular weight is 457 g/mol. The van der Waals surface area contributed by atoms with Crippen molar-refractivity contribution < 1.29 is 4.42 Å². The van der Waals surface area contributed by atoms with Crippen molar-refractivity contribution in [2.45, 2.75) is 26.3 Å². The van der Waals surface area contributed by atoms with Crippen LogP contribution >= 0.6 is 24.0 Å². The number of hydrogen-bond donors (Lipinski definition) is 2. The van der Waals surface area contributed by atoms with E-state index in [0.717, 1.165) is 49.2 Å². The fourth-order valence-electron chi connectivity index (χ4n) is 2.14. The first kappa shape index (κ1) is 21.3. The second kappa shape index (κ2) is 11.7. The van der Waals surface area contributed by atoms with Crippen molar-refractivity contribution in [3.63, 3.8) is 0 Å². The molecule has 0 aliphatic heterocycles. The summed E-state index contributed by atoms with van der Waals surface area (Å²) in [6, 6.07) is 9.89. The Labute approximate surface area is 167 Å². The Morgan fingerprint density at radius 2 is 1.96 bits per heavy atom. The molecule has 0 atom stereocenters. The predicted octanol–water partition coefficient (Wildman–Crippen LogP) is 3.05. The van der Waals surface area contributed by atoms with Gasteiger partial charge >= 0.3 is 0 Å². The maximum Gasteiger partial charge on any atom is 0.191 e. The summed E-state index contributed by atoms with van der Waals surface area (Å²) in [5.41, 5.74) is 0.949. The standard InChI is InChI=1S/C18H27N5O.HI/c1-4-11-19-18(20-12-10-16-8-6-13-24-16)21-14-15-7-5-9-17(22-15)23(2)3;/h5-9,13H,4,10-12,14H2,1-3H3,(H2,19,20,21);1H. The molecule has 6 nitrogen and oxygen atoms in total. The van der Waals surface area contributed by atoms with Crippen LogP contribution in [-0.4, -0.2) is 38.1 Å². The van der Waals surface area contributed by atoms with E-state index in [1.54, 1.807) is 6.26 Å². The molecule has 0 saturated carbocycles. The number of aromatic nitrogens is 1. The van der Waals surface area contributed by atoms with Crippen LogP contribution in [0.15, 0.2) is 46.0 Å². The zero-order valence-corrected chi connectivity index (χ0v) is 17.5. The third-order valence-electron chi connectivity index (χ3n) is 3.44.